The smallest absolute Gasteiger partial charge is 0.354 e. The molecule has 1 aromatic carbocycles. The van der Waals surface area contributed by atoms with Gasteiger partial charge in [0.2, 0.25) is 5.95 Å². The Kier molecular flexibility index (Phi) is 5.95. The molecule has 1 heterocycles. The maximum absolute atomic E-state index is 12.9. The maximum atomic E-state index is 12.9. The molecule has 0 saturated carbocycles. The fraction of sp³-hybridized carbons (Fsp3) is 0.353. The van der Waals surface area contributed by atoms with E-state index in [0.717, 1.165) is 12.5 Å². The summed E-state index contributed by atoms with van der Waals surface area (Å²) < 4.78 is 38.8. The van der Waals surface area contributed by atoms with Crippen LogP contribution in [0, 0.1) is 5.92 Å². The van der Waals surface area contributed by atoms with Crippen molar-refractivity contribution in [2.45, 2.75) is 26.4 Å². The van der Waals surface area contributed by atoms with E-state index in [1.807, 2.05) is 0 Å². The summed E-state index contributed by atoms with van der Waals surface area (Å²) in [5.74, 6) is 0.199. The molecule has 1 amide bonds. The number of halogens is 3. The van der Waals surface area contributed by atoms with Gasteiger partial charge in [-0.2, -0.15) is 13.2 Å². The predicted octanol–water partition coefficient (Wildman–Crippen LogP) is 4.21. The summed E-state index contributed by atoms with van der Waals surface area (Å²) in [6, 6.07) is 4.79. The van der Waals surface area contributed by atoms with Crippen LogP contribution >= 0.6 is 0 Å². The number of aromatic nitrogens is 2. The largest absolute Gasteiger partial charge is 0.418 e. The molecular formula is C17H19F3N4O. The summed E-state index contributed by atoms with van der Waals surface area (Å²) in [5.41, 5.74) is -1.14. The molecular weight excluding hydrogens is 333 g/mol. The summed E-state index contributed by atoms with van der Waals surface area (Å²) in [6.45, 7) is 4.88. The Balaban J connectivity index is 2.05. The Labute approximate surface area is 143 Å². The Morgan fingerprint density at radius 3 is 2.40 bits per heavy atom. The molecule has 134 valence electrons. The van der Waals surface area contributed by atoms with Crippen molar-refractivity contribution < 1.29 is 18.0 Å². The van der Waals surface area contributed by atoms with Crippen molar-refractivity contribution in [3.63, 3.8) is 0 Å². The van der Waals surface area contributed by atoms with Gasteiger partial charge in [0.15, 0.2) is 0 Å². The molecule has 2 N–H and O–H groups in total. The molecule has 0 aliphatic heterocycles. The van der Waals surface area contributed by atoms with Crippen LogP contribution in [-0.2, 0) is 6.18 Å². The number of alkyl halides is 3. The standard InChI is InChI=1S/C17H19F3N4O/c1-11(2)7-8-21-16-22-9-12(10-23-16)15(25)24-14-6-4-3-5-13(14)17(18,19)20/h3-6,9-11H,7-8H2,1-2H3,(H,24,25)(H,21,22,23). The van der Waals surface area contributed by atoms with Crippen molar-refractivity contribution in [3.05, 3.63) is 47.8 Å². The van der Waals surface area contributed by atoms with E-state index in [-0.39, 0.29) is 11.3 Å². The molecule has 0 saturated heterocycles. The Bertz CT molecular complexity index is 715. The van der Waals surface area contributed by atoms with Gasteiger partial charge in [-0.25, -0.2) is 9.97 Å². The highest BCUT2D eigenvalue weighted by molar-refractivity contribution is 6.04. The third kappa shape index (κ3) is 5.44. The molecule has 5 nitrogen and oxygen atoms in total. The van der Waals surface area contributed by atoms with Crippen molar-refractivity contribution in [1.82, 2.24) is 9.97 Å². The number of benzene rings is 1. The molecule has 8 heteroatoms. The monoisotopic (exact) mass is 352 g/mol. The van der Waals surface area contributed by atoms with Gasteiger partial charge >= 0.3 is 6.18 Å². The molecule has 0 atom stereocenters. The zero-order valence-electron chi connectivity index (χ0n) is 13.9. The van der Waals surface area contributed by atoms with Crippen LogP contribution < -0.4 is 10.6 Å². The lowest BCUT2D eigenvalue weighted by molar-refractivity contribution is -0.136. The molecule has 25 heavy (non-hydrogen) atoms. The van der Waals surface area contributed by atoms with Crippen molar-refractivity contribution in [2.24, 2.45) is 5.92 Å². The zero-order chi connectivity index (χ0) is 18.4. The number of anilines is 2. The van der Waals surface area contributed by atoms with E-state index in [4.69, 9.17) is 0 Å². The van der Waals surface area contributed by atoms with Gasteiger partial charge in [0, 0.05) is 18.9 Å². The highest BCUT2D eigenvalue weighted by Gasteiger charge is 2.33. The van der Waals surface area contributed by atoms with E-state index in [1.54, 1.807) is 0 Å². The molecule has 0 fully saturated rings. The number of nitrogens with one attached hydrogen (secondary N) is 2. The predicted molar refractivity (Wildman–Crippen MR) is 89.4 cm³/mol. The molecule has 0 radical (unpaired) electrons. The van der Waals surface area contributed by atoms with Gasteiger partial charge in [-0.3, -0.25) is 4.79 Å². The Morgan fingerprint density at radius 1 is 1.16 bits per heavy atom. The van der Waals surface area contributed by atoms with Gasteiger partial charge in [-0.05, 0) is 24.5 Å². The van der Waals surface area contributed by atoms with E-state index < -0.39 is 17.6 Å². The molecule has 2 aromatic rings. The van der Waals surface area contributed by atoms with Crippen LogP contribution in [0.4, 0.5) is 24.8 Å². The number of carbonyl (C=O) groups is 1. The fourth-order valence-electron chi connectivity index (χ4n) is 2.04. The lowest BCUT2D eigenvalue weighted by atomic mass is 10.1. The van der Waals surface area contributed by atoms with Crippen LogP contribution in [0.1, 0.15) is 36.2 Å². The van der Waals surface area contributed by atoms with Crippen molar-refractivity contribution >= 4 is 17.5 Å². The lowest BCUT2D eigenvalue weighted by Gasteiger charge is -2.13. The van der Waals surface area contributed by atoms with Gasteiger partial charge < -0.3 is 10.6 Å². The van der Waals surface area contributed by atoms with Crippen LogP contribution in [0.15, 0.2) is 36.7 Å². The molecule has 0 aliphatic carbocycles. The van der Waals surface area contributed by atoms with Crippen molar-refractivity contribution in [1.29, 1.82) is 0 Å². The maximum Gasteiger partial charge on any atom is 0.418 e. The average molecular weight is 352 g/mol. The number of amides is 1. The summed E-state index contributed by atoms with van der Waals surface area (Å²) in [6.07, 6.45) is -1.06. The minimum atomic E-state index is -4.55. The SMILES string of the molecule is CC(C)CCNc1ncc(C(=O)Nc2ccccc2C(F)(F)F)cn1. The minimum absolute atomic E-state index is 0.0754. The van der Waals surface area contributed by atoms with Gasteiger partial charge in [-0.1, -0.05) is 26.0 Å². The molecule has 0 unspecified atom stereocenters. The molecule has 0 spiro atoms. The van der Waals surface area contributed by atoms with Crippen LogP contribution in [0.25, 0.3) is 0 Å². The van der Waals surface area contributed by atoms with Crippen LogP contribution in [0.2, 0.25) is 0 Å². The van der Waals surface area contributed by atoms with Gasteiger partial charge in [-0.15, -0.1) is 0 Å². The Hall–Kier alpha value is -2.64. The quantitative estimate of drug-likeness (QED) is 0.817. The molecule has 1 aromatic heterocycles. The third-order valence-corrected chi connectivity index (χ3v) is 3.40. The number of hydrogen-bond acceptors (Lipinski definition) is 4. The lowest BCUT2D eigenvalue weighted by Crippen LogP contribution is -2.17. The first-order valence-electron chi connectivity index (χ1n) is 7.81. The van der Waals surface area contributed by atoms with E-state index in [1.165, 1.54) is 30.6 Å². The van der Waals surface area contributed by atoms with E-state index in [2.05, 4.69) is 34.4 Å². The normalized spacial score (nSPS) is 11.4. The van der Waals surface area contributed by atoms with Gasteiger partial charge in [0.1, 0.15) is 0 Å². The second kappa shape index (κ2) is 7.96. The second-order valence-corrected chi connectivity index (χ2v) is 5.90. The first-order chi connectivity index (χ1) is 11.8. The van der Waals surface area contributed by atoms with Crippen molar-refractivity contribution in [3.8, 4) is 0 Å². The van der Waals surface area contributed by atoms with E-state index >= 15 is 0 Å². The number of rotatable bonds is 6. The second-order valence-electron chi connectivity index (χ2n) is 5.90. The third-order valence-electron chi connectivity index (χ3n) is 3.40. The van der Waals surface area contributed by atoms with Gasteiger partial charge in [0.05, 0.1) is 16.8 Å². The number of hydrogen-bond donors (Lipinski definition) is 2. The minimum Gasteiger partial charge on any atom is -0.354 e. The van der Waals surface area contributed by atoms with Crippen molar-refractivity contribution in [2.75, 3.05) is 17.2 Å². The van der Waals surface area contributed by atoms with Gasteiger partial charge in [0.25, 0.3) is 5.91 Å². The zero-order valence-corrected chi connectivity index (χ0v) is 13.9. The summed E-state index contributed by atoms with van der Waals surface area (Å²) in [5, 5.41) is 5.27. The highest BCUT2D eigenvalue weighted by Crippen LogP contribution is 2.34. The molecule has 2 rings (SSSR count). The first kappa shape index (κ1) is 18.7. The number of carbonyl (C=O) groups excluding carboxylic acids is 1. The summed E-state index contributed by atoms with van der Waals surface area (Å²) in [4.78, 5) is 20.1. The van der Waals surface area contributed by atoms with Crippen LogP contribution in [0.3, 0.4) is 0 Å². The summed E-state index contributed by atoms with van der Waals surface area (Å²) >= 11 is 0. The number of para-hydroxylation sites is 1. The average Bonchev–Trinajstić information content (AvgIpc) is 2.54. The number of nitrogens with zero attached hydrogens (tertiary/aromatic N) is 2. The van der Waals surface area contributed by atoms with E-state index in [0.29, 0.717) is 18.4 Å². The summed E-state index contributed by atoms with van der Waals surface area (Å²) in [7, 11) is 0. The van der Waals surface area contributed by atoms with E-state index in [9.17, 15) is 18.0 Å². The first-order valence-corrected chi connectivity index (χ1v) is 7.81. The molecule has 0 aliphatic rings. The fourth-order valence-corrected chi connectivity index (χ4v) is 2.04. The topological polar surface area (TPSA) is 66.9 Å². The Morgan fingerprint density at radius 2 is 1.80 bits per heavy atom. The molecule has 0 bridgehead atoms. The highest BCUT2D eigenvalue weighted by atomic mass is 19.4. The van der Waals surface area contributed by atoms with Crippen LogP contribution in [-0.4, -0.2) is 22.4 Å². The van der Waals surface area contributed by atoms with Crippen LogP contribution in [0.5, 0.6) is 0 Å².